The fourth-order valence-electron chi connectivity index (χ4n) is 2.07. The number of halogens is 2. The lowest BCUT2D eigenvalue weighted by atomic mass is 10.1. The number of nitrogens with one attached hydrogen (secondary N) is 1. The largest absolute Gasteiger partial charge is 0.374 e. The van der Waals surface area contributed by atoms with Gasteiger partial charge >= 0.3 is 0 Å². The zero-order chi connectivity index (χ0) is 17.7. The van der Waals surface area contributed by atoms with Gasteiger partial charge in [-0.3, -0.25) is 0 Å². The molecule has 4 nitrogen and oxygen atoms in total. The molecule has 0 bridgehead atoms. The number of benzene rings is 2. The summed E-state index contributed by atoms with van der Waals surface area (Å²) in [6, 6.07) is 9.40. The maximum absolute atomic E-state index is 13.2. The van der Waals surface area contributed by atoms with E-state index in [1.807, 2.05) is 26.0 Å². The summed E-state index contributed by atoms with van der Waals surface area (Å²) in [5.74, 6) is -1.89. The van der Waals surface area contributed by atoms with Crippen molar-refractivity contribution in [2.45, 2.75) is 38.0 Å². The molecule has 2 rings (SSSR count). The molecule has 7 heteroatoms. The van der Waals surface area contributed by atoms with Gasteiger partial charge in [0.05, 0.1) is 17.6 Å². The minimum Gasteiger partial charge on any atom is -0.374 e. The van der Waals surface area contributed by atoms with Crippen LogP contribution < -0.4 is 4.72 Å². The molecule has 2 aromatic rings. The summed E-state index contributed by atoms with van der Waals surface area (Å²) in [5.41, 5.74) is 1.58. The van der Waals surface area contributed by atoms with E-state index in [4.69, 9.17) is 4.74 Å². The highest BCUT2D eigenvalue weighted by Crippen LogP contribution is 2.16. The van der Waals surface area contributed by atoms with Crippen LogP contribution in [-0.4, -0.2) is 14.5 Å². The Balaban J connectivity index is 2.15. The average molecular weight is 355 g/mol. The quantitative estimate of drug-likeness (QED) is 0.828. The van der Waals surface area contributed by atoms with Crippen LogP contribution in [0, 0.1) is 11.6 Å². The molecule has 130 valence electrons. The number of ether oxygens (including phenoxy) is 1. The lowest BCUT2D eigenvalue weighted by molar-refractivity contribution is 0.0652. The van der Waals surface area contributed by atoms with Gasteiger partial charge in [0.25, 0.3) is 0 Å². The van der Waals surface area contributed by atoms with E-state index in [1.54, 1.807) is 12.1 Å². The normalized spacial score (nSPS) is 11.9. The third kappa shape index (κ3) is 5.09. The smallest absolute Gasteiger partial charge is 0.241 e. The molecule has 24 heavy (non-hydrogen) atoms. The van der Waals surface area contributed by atoms with E-state index >= 15 is 0 Å². The molecule has 0 fully saturated rings. The Bertz CT molecular complexity index is 787. The highest BCUT2D eigenvalue weighted by atomic mass is 32.2. The molecule has 0 spiro atoms. The first-order valence-electron chi connectivity index (χ1n) is 7.42. The standard InChI is InChI=1S/C17H19F2NO3S/c1-12(2)23-11-14-6-4-3-5-13(14)10-20-24(21,22)17-8-15(18)7-16(19)9-17/h3-9,12,20H,10-11H2,1-2H3. The molecule has 0 saturated heterocycles. The highest BCUT2D eigenvalue weighted by Gasteiger charge is 2.17. The van der Waals surface area contributed by atoms with E-state index in [0.29, 0.717) is 12.7 Å². The minimum atomic E-state index is -4.02. The molecule has 2 aromatic carbocycles. The highest BCUT2D eigenvalue weighted by molar-refractivity contribution is 7.89. The van der Waals surface area contributed by atoms with Crippen LogP contribution in [0.4, 0.5) is 8.78 Å². The van der Waals surface area contributed by atoms with Crippen molar-refractivity contribution in [2.75, 3.05) is 0 Å². The van der Waals surface area contributed by atoms with Gasteiger partial charge in [0.1, 0.15) is 11.6 Å². The summed E-state index contributed by atoms with van der Waals surface area (Å²) in [5, 5.41) is 0. The summed E-state index contributed by atoms with van der Waals surface area (Å²) in [4.78, 5) is -0.448. The second kappa shape index (κ2) is 7.83. The Morgan fingerprint density at radius 1 is 1.04 bits per heavy atom. The molecule has 0 aliphatic rings. The van der Waals surface area contributed by atoms with Crippen molar-refractivity contribution < 1.29 is 21.9 Å². The third-order valence-corrected chi connectivity index (χ3v) is 4.67. The summed E-state index contributed by atoms with van der Waals surface area (Å²) < 4.78 is 58.7. The second-order valence-electron chi connectivity index (χ2n) is 5.56. The Morgan fingerprint density at radius 2 is 1.62 bits per heavy atom. The fraction of sp³-hybridized carbons (Fsp3) is 0.294. The predicted molar refractivity (Wildman–Crippen MR) is 86.8 cm³/mol. The van der Waals surface area contributed by atoms with Gasteiger partial charge in [-0.05, 0) is 37.1 Å². The lowest BCUT2D eigenvalue weighted by Crippen LogP contribution is -2.24. The van der Waals surface area contributed by atoms with Crippen LogP contribution >= 0.6 is 0 Å². The van der Waals surface area contributed by atoms with Gasteiger partial charge in [-0.25, -0.2) is 21.9 Å². The fourth-order valence-corrected chi connectivity index (χ4v) is 3.11. The Hall–Kier alpha value is -1.83. The van der Waals surface area contributed by atoms with E-state index < -0.39 is 26.6 Å². The van der Waals surface area contributed by atoms with Crippen LogP contribution in [0.1, 0.15) is 25.0 Å². The van der Waals surface area contributed by atoms with Crippen molar-refractivity contribution in [1.29, 1.82) is 0 Å². The van der Waals surface area contributed by atoms with Crippen molar-refractivity contribution in [3.05, 3.63) is 65.2 Å². The second-order valence-corrected chi connectivity index (χ2v) is 7.33. The molecule has 0 unspecified atom stereocenters. The third-order valence-electron chi connectivity index (χ3n) is 3.29. The lowest BCUT2D eigenvalue weighted by Gasteiger charge is -2.13. The molecular formula is C17H19F2NO3S. The van der Waals surface area contributed by atoms with Gasteiger partial charge in [0, 0.05) is 12.6 Å². The molecule has 0 aromatic heterocycles. The monoisotopic (exact) mass is 355 g/mol. The summed E-state index contributed by atoms with van der Waals surface area (Å²) in [6.45, 7) is 4.16. The van der Waals surface area contributed by atoms with E-state index in [1.165, 1.54) is 0 Å². The number of rotatable bonds is 7. The summed E-state index contributed by atoms with van der Waals surface area (Å²) in [6.07, 6.45) is 0.0463. The van der Waals surface area contributed by atoms with Crippen LogP contribution in [0.5, 0.6) is 0 Å². The van der Waals surface area contributed by atoms with Crippen molar-refractivity contribution in [1.82, 2.24) is 4.72 Å². The molecule has 0 radical (unpaired) electrons. The Morgan fingerprint density at radius 3 is 2.21 bits per heavy atom. The molecule has 1 N–H and O–H groups in total. The van der Waals surface area contributed by atoms with Crippen LogP contribution in [0.3, 0.4) is 0 Å². The zero-order valence-corrected chi connectivity index (χ0v) is 14.2. The minimum absolute atomic E-state index is 0.00189. The van der Waals surface area contributed by atoms with Crippen molar-refractivity contribution in [3.63, 3.8) is 0 Å². The SMILES string of the molecule is CC(C)OCc1ccccc1CNS(=O)(=O)c1cc(F)cc(F)c1. The summed E-state index contributed by atoms with van der Waals surface area (Å²) in [7, 11) is -4.02. The van der Waals surface area contributed by atoms with Crippen LogP contribution in [0.25, 0.3) is 0 Å². The molecule has 0 saturated carbocycles. The van der Waals surface area contributed by atoms with Crippen molar-refractivity contribution >= 4 is 10.0 Å². The number of hydrogen-bond donors (Lipinski definition) is 1. The van der Waals surface area contributed by atoms with Gasteiger partial charge < -0.3 is 4.74 Å². The molecule has 0 amide bonds. The zero-order valence-electron chi connectivity index (χ0n) is 13.4. The van der Waals surface area contributed by atoms with Crippen LogP contribution in [-0.2, 0) is 27.9 Å². The Labute approximate surface area is 140 Å². The van der Waals surface area contributed by atoms with Gasteiger partial charge in [0.15, 0.2) is 0 Å². The summed E-state index contributed by atoms with van der Waals surface area (Å²) >= 11 is 0. The van der Waals surface area contributed by atoms with Crippen molar-refractivity contribution in [3.8, 4) is 0 Å². The molecular weight excluding hydrogens is 336 g/mol. The maximum Gasteiger partial charge on any atom is 0.241 e. The van der Waals surface area contributed by atoms with Crippen LogP contribution in [0.2, 0.25) is 0 Å². The molecule has 0 heterocycles. The van der Waals surface area contributed by atoms with E-state index in [-0.39, 0.29) is 12.6 Å². The maximum atomic E-state index is 13.2. The van der Waals surface area contributed by atoms with Gasteiger partial charge in [-0.1, -0.05) is 24.3 Å². The Kier molecular flexibility index (Phi) is 6.04. The van der Waals surface area contributed by atoms with Crippen LogP contribution in [0.15, 0.2) is 47.4 Å². The van der Waals surface area contributed by atoms with E-state index in [0.717, 1.165) is 23.3 Å². The number of hydrogen-bond acceptors (Lipinski definition) is 3. The van der Waals surface area contributed by atoms with E-state index in [2.05, 4.69) is 4.72 Å². The van der Waals surface area contributed by atoms with E-state index in [9.17, 15) is 17.2 Å². The first kappa shape index (κ1) is 18.5. The van der Waals surface area contributed by atoms with Gasteiger partial charge in [-0.2, -0.15) is 0 Å². The first-order valence-corrected chi connectivity index (χ1v) is 8.90. The average Bonchev–Trinajstić information content (AvgIpc) is 2.50. The molecule has 0 atom stereocenters. The van der Waals surface area contributed by atoms with Gasteiger partial charge in [-0.15, -0.1) is 0 Å². The predicted octanol–water partition coefficient (Wildman–Crippen LogP) is 3.37. The topological polar surface area (TPSA) is 55.4 Å². The van der Waals surface area contributed by atoms with Gasteiger partial charge in [0.2, 0.25) is 10.0 Å². The number of sulfonamides is 1. The molecule has 0 aliphatic carbocycles. The van der Waals surface area contributed by atoms with Crippen molar-refractivity contribution in [2.24, 2.45) is 0 Å². The first-order chi connectivity index (χ1) is 11.3. The molecule has 0 aliphatic heterocycles.